The van der Waals surface area contributed by atoms with Crippen molar-refractivity contribution in [2.75, 3.05) is 16.2 Å². The molecule has 3 aromatic rings. The average Bonchev–Trinajstić information content (AvgIpc) is 2.86. The Morgan fingerprint density at radius 2 is 1.73 bits per heavy atom. The van der Waals surface area contributed by atoms with Crippen LogP contribution < -0.4 is 9.62 Å². The molecule has 0 fully saturated rings. The van der Waals surface area contributed by atoms with E-state index in [0.29, 0.717) is 22.3 Å². The lowest BCUT2D eigenvalue weighted by atomic mass is 10.1. The van der Waals surface area contributed by atoms with E-state index in [1.54, 1.807) is 48.5 Å². The number of nitrogens with zero attached hydrogens (tertiary/aromatic N) is 2. The molecular weight excluding hydrogens is 350 g/mol. The zero-order chi connectivity index (χ0) is 18.3. The highest BCUT2D eigenvalue weighted by Gasteiger charge is 2.36. The maximum absolute atomic E-state index is 12.8. The summed E-state index contributed by atoms with van der Waals surface area (Å²) in [6.45, 7) is -0.323. The molecule has 0 saturated carbocycles. The van der Waals surface area contributed by atoms with E-state index in [2.05, 4.69) is 5.32 Å². The molecule has 0 spiro atoms. The third-order valence-electron chi connectivity index (χ3n) is 4.27. The minimum atomic E-state index is -3.77. The van der Waals surface area contributed by atoms with Gasteiger partial charge in [0.2, 0.25) is 5.91 Å². The minimum absolute atomic E-state index is 0.219. The molecule has 0 atom stereocenters. The second-order valence-electron chi connectivity index (χ2n) is 5.88. The highest BCUT2D eigenvalue weighted by atomic mass is 32.2. The second kappa shape index (κ2) is 5.86. The van der Waals surface area contributed by atoms with Crippen molar-refractivity contribution in [2.24, 2.45) is 0 Å². The molecule has 0 radical (unpaired) electrons. The summed E-state index contributed by atoms with van der Waals surface area (Å²) in [6.07, 6.45) is 0. The van der Waals surface area contributed by atoms with Gasteiger partial charge in [0.15, 0.2) is 0 Å². The number of nitrogens with one attached hydrogen (secondary N) is 1. The first-order chi connectivity index (χ1) is 12.5. The van der Waals surface area contributed by atoms with Crippen molar-refractivity contribution in [3.05, 3.63) is 66.2 Å². The molecule has 1 aliphatic heterocycles. The zero-order valence-corrected chi connectivity index (χ0v) is 14.3. The van der Waals surface area contributed by atoms with Gasteiger partial charge in [-0.1, -0.05) is 24.3 Å². The molecule has 3 aromatic carbocycles. The Hall–Kier alpha value is -3.37. The van der Waals surface area contributed by atoms with Crippen LogP contribution in [-0.4, -0.2) is 20.9 Å². The van der Waals surface area contributed by atoms with E-state index in [-0.39, 0.29) is 11.4 Å². The van der Waals surface area contributed by atoms with Gasteiger partial charge in [-0.25, -0.2) is 8.42 Å². The van der Waals surface area contributed by atoms with Gasteiger partial charge in [-0.2, -0.15) is 5.26 Å². The molecule has 26 heavy (non-hydrogen) atoms. The summed E-state index contributed by atoms with van der Waals surface area (Å²) in [6, 6.07) is 18.8. The van der Waals surface area contributed by atoms with Crippen molar-refractivity contribution in [1.82, 2.24) is 0 Å². The number of hydrogen-bond acceptors (Lipinski definition) is 4. The smallest absolute Gasteiger partial charge is 0.265 e. The van der Waals surface area contributed by atoms with E-state index in [1.807, 2.05) is 18.2 Å². The number of sulfonamides is 1. The molecule has 4 rings (SSSR count). The molecule has 0 aromatic heterocycles. The standard InChI is InChI=1S/C19H13N3O3S/c20-11-13-7-9-15(10-8-13)21-18(23)12-22-16-5-1-3-14-4-2-6-17(19(14)16)26(22,24)25/h1-10H,12H2,(H,21,23). The Labute approximate surface area is 150 Å². The number of carbonyl (C=O) groups excluding carboxylic acids is 1. The van der Waals surface area contributed by atoms with Crippen molar-refractivity contribution in [1.29, 1.82) is 5.26 Å². The molecular formula is C19H13N3O3S. The molecule has 1 amide bonds. The Kier molecular flexibility index (Phi) is 3.63. The normalized spacial score (nSPS) is 14.2. The second-order valence-corrected chi connectivity index (χ2v) is 7.71. The number of rotatable bonds is 3. The Morgan fingerprint density at radius 3 is 2.42 bits per heavy atom. The van der Waals surface area contributed by atoms with Crippen LogP contribution in [0.3, 0.4) is 0 Å². The highest BCUT2D eigenvalue weighted by molar-refractivity contribution is 7.93. The van der Waals surface area contributed by atoms with E-state index in [0.717, 1.165) is 9.69 Å². The van der Waals surface area contributed by atoms with Crippen LogP contribution in [0.25, 0.3) is 10.8 Å². The first-order valence-electron chi connectivity index (χ1n) is 7.85. The third-order valence-corrected chi connectivity index (χ3v) is 6.07. The first-order valence-corrected chi connectivity index (χ1v) is 9.29. The molecule has 6 nitrogen and oxygen atoms in total. The van der Waals surface area contributed by atoms with Crippen LogP contribution in [0, 0.1) is 11.3 Å². The van der Waals surface area contributed by atoms with Crippen molar-refractivity contribution in [3.63, 3.8) is 0 Å². The Bertz CT molecular complexity index is 1170. The summed E-state index contributed by atoms with van der Waals surface area (Å²) < 4.78 is 26.8. The van der Waals surface area contributed by atoms with E-state index in [9.17, 15) is 13.2 Å². The van der Waals surface area contributed by atoms with Crippen LogP contribution in [0.1, 0.15) is 5.56 Å². The summed E-state index contributed by atoms with van der Waals surface area (Å²) >= 11 is 0. The molecule has 0 unspecified atom stereocenters. The van der Waals surface area contributed by atoms with Crippen LogP contribution in [-0.2, 0) is 14.8 Å². The van der Waals surface area contributed by atoms with Crippen LogP contribution in [0.15, 0.2) is 65.6 Å². The molecule has 0 saturated heterocycles. The van der Waals surface area contributed by atoms with Gasteiger partial charge in [0.25, 0.3) is 10.0 Å². The number of benzene rings is 3. The third kappa shape index (κ3) is 2.48. The summed E-state index contributed by atoms with van der Waals surface area (Å²) in [4.78, 5) is 12.6. The SMILES string of the molecule is N#Cc1ccc(NC(=O)CN2c3cccc4cccc(c34)S2(=O)=O)cc1. The summed E-state index contributed by atoms with van der Waals surface area (Å²) in [5.41, 5.74) is 1.49. The van der Waals surface area contributed by atoms with E-state index in [4.69, 9.17) is 5.26 Å². The van der Waals surface area contributed by atoms with Gasteiger partial charge >= 0.3 is 0 Å². The maximum atomic E-state index is 12.8. The van der Waals surface area contributed by atoms with Gasteiger partial charge in [-0.15, -0.1) is 0 Å². The predicted octanol–water partition coefficient (Wildman–Crippen LogP) is 2.86. The average molecular weight is 363 g/mol. The highest BCUT2D eigenvalue weighted by Crippen LogP contribution is 2.41. The molecule has 1 aliphatic rings. The molecule has 1 N–H and O–H groups in total. The van der Waals surface area contributed by atoms with Crippen LogP contribution in [0.2, 0.25) is 0 Å². The minimum Gasteiger partial charge on any atom is -0.325 e. The summed E-state index contributed by atoms with van der Waals surface area (Å²) in [5.74, 6) is -0.455. The van der Waals surface area contributed by atoms with E-state index in [1.165, 1.54) is 0 Å². The topological polar surface area (TPSA) is 90.3 Å². The fourth-order valence-electron chi connectivity index (χ4n) is 3.09. The fraction of sp³-hybridized carbons (Fsp3) is 0.0526. The van der Waals surface area contributed by atoms with Crippen LogP contribution >= 0.6 is 0 Å². The number of amides is 1. The number of carbonyl (C=O) groups is 1. The lowest BCUT2D eigenvalue weighted by molar-refractivity contribution is -0.114. The maximum Gasteiger partial charge on any atom is 0.265 e. The Balaban J connectivity index is 1.63. The van der Waals surface area contributed by atoms with Gasteiger partial charge < -0.3 is 5.32 Å². The van der Waals surface area contributed by atoms with Gasteiger partial charge in [0, 0.05) is 11.1 Å². The van der Waals surface area contributed by atoms with Gasteiger partial charge in [-0.3, -0.25) is 9.10 Å². The number of anilines is 2. The molecule has 7 heteroatoms. The van der Waals surface area contributed by atoms with Crippen molar-refractivity contribution in [2.45, 2.75) is 4.90 Å². The van der Waals surface area contributed by atoms with Gasteiger partial charge in [0.05, 0.1) is 22.2 Å². The van der Waals surface area contributed by atoms with Crippen LogP contribution in [0.5, 0.6) is 0 Å². The van der Waals surface area contributed by atoms with Crippen molar-refractivity contribution >= 4 is 38.1 Å². The summed E-state index contributed by atoms with van der Waals surface area (Å²) in [5, 5.41) is 12.9. The van der Waals surface area contributed by atoms with Gasteiger partial charge in [-0.05, 0) is 41.8 Å². The van der Waals surface area contributed by atoms with Crippen molar-refractivity contribution < 1.29 is 13.2 Å². The predicted molar refractivity (Wildman–Crippen MR) is 98.3 cm³/mol. The molecule has 1 heterocycles. The monoisotopic (exact) mass is 363 g/mol. The van der Waals surface area contributed by atoms with Crippen LogP contribution in [0.4, 0.5) is 11.4 Å². The number of hydrogen-bond donors (Lipinski definition) is 1. The zero-order valence-electron chi connectivity index (χ0n) is 13.5. The Morgan fingerprint density at radius 1 is 1.04 bits per heavy atom. The lowest BCUT2D eigenvalue weighted by Gasteiger charge is -2.18. The van der Waals surface area contributed by atoms with Crippen molar-refractivity contribution in [3.8, 4) is 6.07 Å². The van der Waals surface area contributed by atoms with Gasteiger partial charge in [0.1, 0.15) is 6.54 Å². The van der Waals surface area contributed by atoms with E-state index < -0.39 is 15.9 Å². The largest absolute Gasteiger partial charge is 0.325 e. The molecule has 0 bridgehead atoms. The van der Waals surface area contributed by atoms with E-state index >= 15 is 0 Å². The lowest BCUT2D eigenvalue weighted by Crippen LogP contribution is -2.35. The first kappa shape index (κ1) is 16.1. The quantitative estimate of drug-likeness (QED) is 0.775. The summed E-state index contributed by atoms with van der Waals surface area (Å²) in [7, 11) is -3.77. The molecule has 128 valence electrons. The molecule has 0 aliphatic carbocycles. The number of nitriles is 1. The fourth-order valence-corrected chi connectivity index (χ4v) is 4.75.